The SMILES string of the molecule is CCCN1CCC(NS(=O)(=O)c2ccccc2C#N)CC1. The maximum Gasteiger partial charge on any atom is 0.242 e. The zero-order chi connectivity index (χ0) is 15.3. The second-order valence-electron chi connectivity index (χ2n) is 5.35. The van der Waals surface area contributed by atoms with Gasteiger partial charge in [-0.1, -0.05) is 19.1 Å². The molecule has 0 bridgehead atoms. The molecule has 21 heavy (non-hydrogen) atoms. The molecule has 0 unspecified atom stereocenters. The van der Waals surface area contributed by atoms with E-state index in [2.05, 4.69) is 16.5 Å². The highest BCUT2D eigenvalue weighted by Crippen LogP contribution is 2.17. The maximum atomic E-state index is 12.4. The lowest BCUT2D eigenvalue weighted by atomic mass is 10.1. The molecule has 1 aromatic carbocycles. The Hall–Kier alpha value is -1.42. The van der Waals surface area contributed by atoms with Crippen LogP contribution in [0, 0.1) is 11.3 Å². The van der Waals surface area contributed by atoms with E-state index in [9.17, 15) is 8.42 Å². The normalized spacial score (nSPS) is 17.5. The molecule has 5 nitrogen and oxygen atoms in total. The summed E-state index contributed by atoms with van der Waals surface area (Å²) in [6.07, 6.45) is 2.74. The summed E-state index contributed by atoms with van der Waals surface area (Å²) in [5, 5.41) is 9.03. The summed E-state index contributed by atoms with van der Waals surface area (Å²) in [5.41, 5.74) is 0.188. The van der Waals surface area contributed by atoms with E-state index in [-0.39, 0.29) is 16.5 Å². The summed E-state index contributed by atoms with van der Waals surface area (Å²) in [4.78, 5) is 2.43. The van der Waals surface area contributed by atoms with Gasteiger partial charge >= 0.3 is 0 Å². The van der Waals surface area contributed by atoms with Crippen molar-refractivity contribution in [3.05, 3.63) is 29.8 Å². The first-order valence-corrected chi connectivity index (χ1v) is 8.79. The van der Waals surface area contributed by atoms with E-state index in [1.807, 2.05) is 6.07 Å². The molecule has 1 heterocycles. The molecule has 6 heteroatoms. The molecule has 1 saturated heterocycles. The Morgan fingerprint density at radius 1 is 1.33 bits per heavy atom. The van der Waals surface area contributed by atoms with Gasteiger partial charge < -0.3 is 4.90 Å². The van der Waals surface area contributed by atoms with Crippen molar-refractivity contribution in [3.8, 4) is 6.07 Å². The molecule has 0 saturated carbocycles. The van der Waals surface area contributed by atoms with Gasteiger partial charge in [0.1, 0.15) is 6.07 Å². The van der Waals surface area contributed by atoms with E-state index < -0.39 is 10.0 Å². The maximum absolute atomic E-state index is 12.4. The number of hydrogen-bond acceptors (Lipinski definition) is 4. The standard InChI is InChI=1S/C15H21N3O2S/c1-2-9-18-10-7-14(8-11-18)17-21(19,20)15-6-4-3-5-13(15)12-16/h3-6,14,17H,2,7-11H2,1H3. The summed E-state index contributed by atoms with van der Waals surface area (Å²) in [5.74, 6) is 0. The van der Waals surface area contributed by atoms with Crippen LogP contribution in [0.4, 0.5) is 0 Å². The monoisotopic (exact) mass is 307 g/mol. The number of hydrogen-bond donors (Lipinski definition) is 1. The lowest BCUT2D eigenvalue weighted by molar-refractivity contribution is 0.208. The quantitative estimate of drug-likeness (QED) is 0.899. The van der Waals surface area contributed by atoms with Crippen molar-refractivity contribution in [1.82, 2.24) is 9.62 Å². The van der Waals surface area contributed by atoms with Crippen molar-refractivity contribution in [2.45, 2.75) is 37.1 Å². The van der Waals surface area contributed by atoms with Crippen LogP contribution in [0.5, 0.6) is 0 Å². The molecule has 0 atom stereocenters. The van der Waals surface area contributed by atoms with Crippen molar-refractivity contribution in [3.63, 3.8) is 0 Å². The van der Waals surface area contributed by atoms with Crippen molar-refractivity contribution in [1.29, 1.82) is 5.26 Å². The van der Waals surface area contributed by atoms with Crippen molar-refractivity contribution in [2.75, 3.05) is 19.6 Å². The van der Waals surface area contributed by atoms with Crippen LogP contribution >= 0.6 is 0 Å². The minimum Gasteiger partial charge on any atom is -0.303 e. The van der Waals surface area contributed by atoms with Crippen LogP contribution in [0.3, 0.4) is 0 Å². The zero-order valence-electron chi connectivity index (χ0n) is 12.2. The van der Waals surface area contributed by atoms with E-state index in [0.29, 0.717) is 0 Å². The molecule has 0 spiro atoms. The number of benzene rings is 1. The molecule has 114 valence electrons. The number of sulfonamides is 1. The molecular formula is C15H21N3O2S. The molecule has 1 fully saturated rings. The van der Waals surface area contributed by atoms with Gasteiger partial charge in [-0.3, -0.25) is 0 Å². The number of rotatable bonds is 5. The summed E-state index contributed by atoms with van der Waals surface area (Å²) >= 11 is 0. The fourth-order valence-electron chi connectivity index (χ4n) is 2.67. The molecule has 0 radical (unpaired) electrons. The Morgan fingerprint density at radius 3 is 2.62 bits per heavy atom. The molecule has 1 N–H and O–H groups in total. The highest BCUT2D eigenvalue weighted by atomic mass is 32.2. The highest BCUT2D eigenvalue weighted by molar-refractivity contribution is 7.89. The van der Waals surface area contributed by atoms with Gasteiger partial charge in [-0.15, -0.1) is 0 Å². The van der Waals surface area contributed by atoms with Crippen LogP contribution in [0.1, 0.15) is 31.7 Å². The number of piperidine rings is 1. The number of nitriles is 1. The summed E-state index contributed by atoms with van der Waals surface area (Å²) in [6.45, 7) is 5.05. The van der Waals surface area contributed by atoms with Crippen LogP contribution in [0.25, 0.3) is 0 Å². The average Bonchev–Trinajstić information content (AvgIpc) is 2.49. The first-order chi connectivity index (χ1) is 10.1. The van der Waals surface area contributed by atoms with Gasteiger partial charge in [0, 0.05) is 6.04 Å². The Labute approximate surface area is 126 Å². The van der Waals surface area contributed by atoms with E-state index in [4.69, 9.17) is 5.26 Å². The second kappa shape index (κ2) is 7.03. The highest BCUT2D eigenvalue weighted by Gasteiger charge is 2.25. The molecule has 0 amide bonds. The predicted molar refractivity (Wildman–Crippen MR) is 81.2 cm³/mol. The summed E-state index contributed by atoms with van der Waals surface area (Å²) < 4.78 is 27.6. The van der Waals surface area contributed by atoms with Crippen molar-refractivity contribution in [2.24, 2.45) is 0 Å². The lowest BCUT2D eigenvalue weighted by Crippen LogP contribution is -2.44. The largest absolute Gasteiger partial charge is 0.303 e. The topological polar surface area (TPSA) is 73.2 Å². The van der Waals surface area contributed by atoms with Crippen LogP contribution < -0.4 is 4.72 Å². The number of nitrogens with zero attached hydrogens (tertiary/aromatic N) is 2. The van der Waals surface area contributed by atoms with E-state index in [1.165, 1.54) is 12.1 Å². The predicted octanol–water partition coefficient (Wildman–Crippen LogP) is 1.71. The van der Waals surface area contributed by atoms with Gasteiger partial charge in [-0.05, 0) is 51.0 Å². The molecule has 1 aliphatic heterocycles. The Kier molecular flexibility index (Phi) is 5.34. The zero-order valence-corrected chi connectivity index (χ0v) is 13.1. The van der Waals surface area contributed by atoms with Crippen LogP contribution in [-0.2, 0) is 10.0 Å². The third-order valence-corrected chi connectivity index (χ3v) is 5.32. The third kappa shape index (κ3) is 4.03. The van der Waals surface area contributed by atoms with Gasteiger partial charge in [-0.25, -0.2) is 13.1 Å². The lowest BCUT2D eigenvalue weighted by Gasteiger charge is -2.31. The molecular weight excluding hydrogens is 286 g/mol. The number of likely N-dealkylation sites (tertiary alicyclic amines) is 1. The fraction of sp³-hybridized carbons (Fsp3) is 0.533. The van der Waals surface area contributed by atoms with Crippen molar-refractivity contribution < 1.29 is 8.42 Å². The van der Waals surface area contributed by atoms with E-state index >= 15 is 0 Å². The van der Waals surface area contributed by atoms with Gasteiger partial charge in [0.15, 0.2) is 0 Å². The minimum atomic E-state index is -3.62. The Bertz CT molecular complexity index is 614. The second-order valence-corrected chi connectivity index (χ2v) is 7.03. The summed E-state index contributed by atoms with van der Waals surface area (Å²) in [6, 6.07) is 8.20. The minimum absolute atomic E-state index is 0.0464. The first kappa shape index (κ1) is 16.0. The first-order valence-electron chi connectivity index (χ1n) is 7.30. The van der Waals surface area contributed by atoms with Gasteiger partial charge in [0.2, 0.25) is 10.0 Å². The van der Waals surface area contributed by atoms with E-state index in [1.54, 1.807) is 12.1 Å². The van der Waals surface area contributed by atoms with E-state index in [0.717, 1.165) is 38.9 Å². The molecule has 0 aliphatic carbocycles. The molecule has 2 rings (SSSR count). The van der Waals surface area contributed by atoms with Crippen molar-refractivity contribution >= 4 is 10.0 Å². The molecule has 1 aliphatic rings. The van der Waals surface area contributed by atoms with Crippen LogP contribution in [0.15, 0.2) is 29.2 Å². The fourth-order valence-corrected chi connectivity index (χ4v) is 4.13. The summed E-state index contributed by atoms with van der Waals surface area (Å²) in [7, 11) is -3.62. The number of nitrogens with one attached hydrogen (secondary N) is 1. The third-order valence-electron chi connectivity index (χ3n) is 3.75. The van der Waals surface area contributed by atoms with Crippen LogP contribution in [0.2, 0.25) is 0 Å². The molecule has 0 aromatic heterocycles. The van der Waals surface area contributed by atoms with Crippen LogP contribution in [-0.4, -0.2) is 39.0 Å². The van der Waals surface area contributed by atoms with Gasteiger partial charge in [0.05, 0.1) is 10.5 Å². The Balaban J connectivity index is 2.04. The van der Waals surface area contributed by atoms with Gasteiger partial charge in [-0.2, -0.15) is 5.26 Å². The average molecular weight is 307 g/mol. The molecule has 1 aromatic rings. The Morgan fingerprint density at radius 2 is 2.00 bits per heavy atom. The smallest absolute Gasteiger partial charge is 0.242 e. The van der Waals surface area contributed by atoms with Gasteiger partial charge in [0.25, 0.3) is 0 Å².